The molecule has 2 aromatic rings. The van der Waals surface area contributed by atoms with E-state index >= 15 is 0 Å². The number of pyridine rings is 1. The summed E-state index contributed by atoms with van der Waals surface area (Å²) in [7, 11) is 0. The largest absolute Gasteiger partial charge is 0.478 e. The van der Waals surface area contributed by atoms with E-state index in [0.29, 0.717) is 18.7 Å². The fraction of sp³-hybridized carbons (Fsp3) is 0.286. The number of aliphatic hydroxyl groups excluding tert-OH is 1. The van der Waals surface area contributed by atoms with Crippen molar-refractivity contribution in [2.75, 3.05) is 18.5 Å². The number of carbonyl (C=O) groups is 1. The van der Waals surface area contributed by atoms with Crippen molar-refractivity contribution in [3.05, 3.63) is 36.0 Å². The number of aliphatic hydroxyl groups is 1. The first-order chi connectivity index (χ1) is 9.24. The number of anilines is 1. The standard InChI is InChI=1S/C14H16N2O3/c17-8-4-3-7-15-13-10-5-1-2-6-12(10)16-9-11(13)14(18)19/h1-2,5-6,9,17H,3-4,7-8H2,(H,15,16)(H,18,19). The molecule has 100 valence electrons. The summed E-state index contributed by atoms with van der Waals surface area (Å²) < 4.78 is 0. The molecule has 0 saturated carbocycles. The van der Waals surface area contributed by atoms with E-state index in [9.17, 15) is 9.90 Å². The maximum Gasteiger partial charge on any atom is 0.339 e. The number of carboxylic acids is 1. The average Bonchev–Trinajstić information content (AvgIpc) is 2.43. The maximum atomic E-state index is 11.2. The van der Waals surface area contributed by atoms with Crippen molar-refractivity contribution in [2.24, 2.45) is 0 Å². The number of carboxylic acid groups (broad SMARTS) is 1. The molecule has 5 nitrogen and oxygen atoms in total. The molecule has 0 spiro atoms. The summed E-state index contributed by atoms with van der Waals surface area (Å²) in [6.45, 7) is 0.763. The summed E-state index contributed by atoms with van der Waals surface area (Å²) in [6, 6.07) is 7.42. The van der Waals surface area contributed by atoms with Crippen LogP contribution in [0.5, 0.6) is 0 Å². The third kappa shape index (κ3) is 3.00. The van der Waals surface area contributed by atoms with E-state index in [1.54, 1.807) is 0 Å². The number of para-hydroxylation sites is 1. The SMILES string of the molecule is O=C(O)c1cnc2ccccc2c1NCCCCO. The summed E-state index contributed by atoms with van der Waals surface area (Å²) in [5.74, 6) is -0.997. The summed E-state index contributed by atoms with van der Waals surface area (Å²) in [5.41, 5.74) is 1.52. The summed E-state index contributed by atoms with van der Waals surface area (Å²) in [4.78, 5) is 15.4. The van der Waals surface area contributed by atoms with E-state index in [-0.39, 0.29) is 12.2 Å². The van der Waals surface area contributed by atoms with Gasteiger partial charge in [-0.1, -0.05) is 18.2 Å². The normalized spacial score (nSPS) is 10.6. The van der Waals surface area contributed by atoms with Crippen molar-refractivity contribution in [1.29, 1.82) is 0 Å². The number of benzene rings is 1. The van der Waals surface area contributed by atoms with E-state index in [1.165, 1.54) is 6.20 Å². The second-order valence-electron chi connectivity index (χ2n) is 4.23. The van der Waals surface area contributed by atoms with E-state index < -0.39 is 5.97 Å². The topological polar surface area (TPSA) is 82.5 Å². The van der Waals surface area contributed by atoms with Gasteiger partial charge in [-0.05, 0) is 18.9 Å². The molecule has 1 heterocycles. The Hall–Kier alpha value is -2.14. The number of rotatable bonds is 6. The van der Waals surface area contributed by atoms with Crippen LogP contribution in [0.3, 0.4) is 0 Å². The molecule has 5 heteroatoms. The number of fused-ring (bicyclic) bond motifs is 1. The quantitative estimate of drug-likeness (QED) is 0.693. The van der Waals surface area contributed by atoms with Crippen LogP contribution in [0.2, 0.25) is 0 Å². The van der Waals surface area contributed by atoms with Gasteiger partial charge < -0.3 is 15.5 Å². The van der Waals surface area contributed by atoms with Gasteiger partial charge in [0.2, 0.25) is 0 Å². The highest BCUT2D eigenvalue weighted by atomic mass is 16.4. The predicted octanol–water partition coefficient (Wildman–Crippen LogP) is 2.12. The number of nitrogens with one attached hydrogen (secondary N) is 1. The van der Waals surface area contributed by atoms with Gasteiger partial charge in [0.1, 0.15) is 5.56 Å². The van der Waals surface area contributed by atoms with Gasteiger partial charge in [0, 0.05) is 24.7 Å². The maximum absolute atomic E-state index is 11.2. The molecule has 0 saturated heterocycles. The summed E-state index contributed by atoms with van der Waals surface area (Å²) >= 11 is 0. The molecule has 0 aliphatic rings. The molecule has 0 atom stereocenters. The van der Waals surface area contributed by atoms with Crippen LogP contribution in [0.15, 0.2) is 30.5 Å². The van der Waals surface area contributed by atoms with Gasteiger partial charge in [-0.15, -0.1) is 0 Å². The number of hydrogen-bond donors (Lipinski definition) is 3. The lowest BCUT2D eigenvalue weighted by molar-refractivity contribution is 0.0697. The van der Waals surface area contributed by atoms with Crippen LogP contribution in [0.1, 0.15) is 23.2 Å². The Morgan fingerprint density at radius 2 is 2.05 bits per heavy atom. The Bertz CT molecular complexity index is 584. The minimum Gasteiger partial charge on any atom is -0.478 e. The fourth-order valence-electron chi connectivity index (χ4n) is 1.94. The highest BCUT2D eigenvalue weighted by molar-refractivity contribution is 6.04. The van der Waals surface area contributed by atoms with E-state index in [0.717, 1.165) is 17.3 Å². The van der Waals surface area contributed by atoms with E-state index in [4.69, 9.17) is 5.11 Å². The van der Waals surface area contributed by atoms with Crippen molar-refractivity contribution in [3.8, 4) is 0 Å². The van der Waals surface area contributed by atoms with Crippen molar-refractivity contribution >= 4 is 22.6 Å². The average molecular weight is 260 g/mol. The highest BCUT2D eigenvalue weighted by Gasteiger charge is 2.13. The molecule has 3 N–H and O–H groups in total. The Morgan fingerprint density at radius 3 is 2.79 bits per heavy atom. The van der Waals surface area contributed by atoms with Gasteiger partial charge >= 0.3 is 5.97 Å². The summed E-state index contributed by atoms with van der Waals surface area (Å²) in [5, 5.41) is 21.9. The van der Waals surface area contributed by atoms with Crippen molar-refractivity contribution in [1.82, 2.24) is 4.98 Å². The van der Waals surface area contributed by atoms with Gasteiger partial charge in [-0.25, -0.2) is 4.79 Å². The molecule has 2 rings (SSSR count). The fourth-order valence-corrected chi connectivity index (χ4v) is 1.94. The van der Waals surface area contributed by atoms with Crippen LogP contribution in [-0.4, -0.2) is 34.3 Å². The molecular formula is C14H16N2O3. The molecule has 0 bridgehead atoms. The molecule has 19 heavy (non-hydrogen) atoms. The number of aromatic nitrogens is 1. The highest BCUT2D eigenvalue weighted by Crippen LogP contribution is 2.25. The van der Waals surface area contributed by atoms with Gasteiger partial charge in [-0.3, -0.25) is 4.98 Å². The minimum atomic E-state index is -0.997. The van der Waals surface area contributed by atoms with Gasteiger partial charge in [0.15, 0.2) is 0 Å². The smallest absolute Gasteiger partial charge is 0.339 e. The number of nitrogens with zero attached hydrogens (tertiary/aromatic N) is 1. The Labute approximate surface area is 110 Å². The van der Waals surface area contributed by atoms with Crippen LogP contribution < -0.4 is 5.32 Å². The molecule has 0 aliphatic carbocycles. The van der Waals surface area contributed by atoms with Gasteiger partial charge in [0.05, 0.1) is 11.2 Å². The Morgan fingerprint density at radius 1 is 1.26 bits per heavy atom. The minimum absolute atomic E-state index is 0.143. The third-order valence-electron chi connectivity index (χ3n) is 2.89. The Kier molecular flexibility index (Phi) is 4.30. The monoisotopic (exact) mass is 260 g/mol. The zero-order valence-electron chi connectivity index (χ0n) is 10.5. The molecule has 0 aliphatic heterocycles. The first-order valence-corrected chi connectivity index (χ1v) is 6.20. The molecule has 0 unspecified atom stereocenters. The molecule has 1 aromatic heterocycles. The van der Waals surface area contributed by atoms with E-state index in [1.807, 2.05) is 24.3 Å². The second kappa shape index (κ2) is 6.15. The zero-order chi connectivity index (χ0) is 13.7. The van der Waals surface area contributed by atoms with Crippen LogP contribution in [0.25, 0.3) is 10.9 Å². The Balaban J connectivity index is 2.35. The van der Waals surface area contributed by atoms with E-state index in [2.05, 4.69) is 10.3 Å². The molecule has 0 amide bonds. The van der Waals surface area contributed by atoms with Crippen molar-refractivity contribution in [2.45, 2.75) is 12.8 Å². The van der Waals surface area contributed by atoms with Crippen LogP contribution in [0, 0.1) is 0 Å². The van der Waals surface area contributed by atoms with Crippen LogP contribution >= 0.6 is 0 Å². The second-order valence-corrected chi connectivity index (χ2v) is 4.23. The van der Waals surface area contributed by atoms with Crippen LogP contribution in [0.4, 0.5) is 5.69 Å². The first kappa shape index (κ1) is 13.3. The predicted molar refractivity (Wildman–Crippen MR) is 73.5 cm³/mol. The number of aromatic carboxylic acids is 1. The zero-order valence-corrected chi connectivity index (χ0v) is 10.5. The molecule has 1 aromatic carbocycles. The first-order valence-electron chi connectivity index (χ1n) is 6.20. The van der Waals surface area contributed by atoms with Crippen molar-refractivity contribution in [3.63, 3.8) is 0 Å². The van der Waals surface area contributed by atoms with Crippen molar-refractivity contribution < 1.29 is 15.0 Å². The van der Waals surface area contributed by atoms with Gasteiger partial charge in [-0.2, -0.15) is 0 Å². The summed E-state index contributed by atoms with van der Waals surface area (Å²) in [6.07, 6.45) is 2.85. The van der Waals surface area contributed by atoms with Crippen LogP contribution in [-0.2, 0) is 0 Å². The number of hydrogen-bond acceptors (Lipinski definition) is 4. The number of unbranched alkanes of at least 4 members (excludes halogenated alkanes) is 1. The molecule has 0 fully saturated rings. The molecule has 0 radical (unpaired) electrons. The van der Waals surface area contributed by atoms with Gasteiger partial charge in [0.25, 0.3) is 0 Å². The molecular weight excluding hydrogens is 244 g/mol. The lowest BCUT2D eigenvalue weighted by Gasteiger charge is -2.12. The lowest BCUT2D eigenvalue weighted by atomic mass is 10.1. The lowest BCUT2D eigenvalue weighted by Crippen LogP contribution is -2.09. The third-order valence-corrected chi connectivity index (χ3v) is 2.89.